The van der Waals surface area contributed by atoms with E-state index in [0.717, 1.165) is 35.7 Å². The molecule has 0 bridgehead atoms. The second kappa shape index (κ2) is 9.54. The van der Waals surface area contributed by atoms with E-state index in [1.807, 2.05) is 55.5 Å². The number of rotatable bonds is 7. The Kier molecular flexibility index (Phi) is 6.25. The van der Waals surface area contributed by atoms with Crippen molar-refractivity contribution in [1.82, 2.24) is 0 Å². The lowest BCUT2D eigenvalue weighted by Crippen LogP contribution is -2.30. The molecule has 5 rings (SSSR count). The van der Waals surface area contributed by atoms with Crippen LogP contribution < -0.4 is 10.2 Å². The largest absolute Gasteiger partial charge is 0.507 e. The van der Waals surface area contributed by atoms with Crippen LogP contribution in [0.5, 0.6) is 11.5 Å². The molecule has 37 heavy (non-hydrogen) atoms. The number of aromatic hydroxyl groups is 2. The fraction of sp³-hybridized carbons (Fsp3) is 0.194. The molecule has 0 amide bonds. The van der Waals surface area contributed by atoms with E-state index in [1.165, 1.54) is 0 Å². The highest BCUT2D eigenvalue weighted by Gasteiger charge is 2.51. The van der Waals surface area contributed by atoms with Crippen LogP contribution in [0.2, 0.25) is 0 Å². The number of carbonyl (C=O) groups is 1. The molecule has 1 heterocycles. The molecular formula is C31H30N2O4. The second-order valence-electron chi connectivity index (χ2n) is 9.17. The highest BCUT2D eigenvalue weighted by Crippen LogP contribution is 2.53. The van der Waals surface area contributed by atoms with E-state index in [2.05, 4.69) is 24.1 Å². The van der Waals surface area contributed by atoms with Crippen molar-refractivity contribution in [3.05, 3.63) is 113 Å². The maximum atomic E-state index is 13.2. The summed E-state index contributed by atoms with van der Waals surface area (Å²) >= 11 is 0. The van der Waals surface area contributed by atoms with Gasteiger partial charge in [0, 0.05) is 52.9 Å². The highest BCUT2D eigenvalue weighted by atomic mass is 16.6. The summed E-state index contributed by atoms with van der Waals surface area (Å²) < 4.78 is 6.15. The van der Waals surface area contributed by atoms with Gasteiger partial charge in [0.15, 0.2) is 5.60 Å². The van der Waals surface area contributed by atoms with E-state index < -0.39 is 11.6 Å². The standard InChI is InChI=1S/C31H30N2O4/c1-4-33(5-2)22-15-16-25(29(35)18-22)31(24-14-10-9-13-23(24)30(36)37-31)26-19-27(20(3)17-28(26)34)32-21-11-7-6-8-12-21/h6-19,32,34-35H,4-5H2,1-3H3. The summed E-state index contributed by atoms with van der Waals surface area (Å²) in [5, 5.41) is 26.0. The fourth-order valence-electron chi connectivity index (χ4n) is 5.15. The van der Waals surface area contributed by atoms with Crippen LogP contribution in [0.3, 0.4) is 0 Å². The van der Waals surface area contributed by atoms with Gasteiger partial charge in [0.05, 0.1) is 5.56 Å². The molecule has 0 radical (unpaired) electrons. The van der Waals surface area contributed by atoms with Crippen LogP contribution in [-0.2, 0) is 10.3 Å². The topological polar surface area (TPSA) is 82.0 Å². The Labute approximate surface area is 216 Å². The van der Waals surface area contributed by atoms with Gasteiger partial charge in [-0.3, -0.25) is 0 Å². The minimum Gasteiger partial charge on any atom is -0.507 e. The third-order valence-electron chi connectivity index (χ3n) is 7.04. The molecule has 188 valence electrons. The number of fused-ring (bicyclic) bond motifs is 1. The molecule has 0 fully saturated rings. The molecule has 1 aliphatic rings. The second-order valence-corrected chi connectivity index (χ2v) is 9.17. The number of nitrogens with one attached hydrogen (secondary N) is 1. The minimum absolute atomic E-state index is 0.0218. The molecule has 0 saturated heterocycles. The number of esters is 1. The van der Waals surface area contributed by atoms with Crippen LogP contribution in [0.1, 0.15) is 46.5 Å². The van der Waals surface area contributed by atoms with Gasteiger partial charge in [-0.2, -0.15) is 0 Å². The molecule has 0 aliphatic carbocycles. The van der Waals surface area contributed by atoms with Crippen molar-refractivity contribution in [2.45, 2.75) is 26.4 Å². The lowest BCUT2D eigenvalue weighted by atomic mass is 9.78. The molecule has 6 heteroatoms. The average Bonchev–Trinajstić information content (AvgIpc) is 3.20. The number of aryl methyl sites for hydroxylation is 1. The zero-order valence-electron chi connectivity index (χ0n) is 21.2. The number of anilines is 3. The number of phenolic OH excluding ortho intramolecular Hbond substituents is 2. The summed E-state index contributed by atoms with van der Waals surface area (Å²) in [6, 6.07) is 25.6. The Balaban J connectivity index is 1.75. The van der Waals surface area contributed by atoms with Gasteiger partial charge < -0.3 is 25.2 Å². The highest BCUT2D eigenvalue weighted by molar-refractivity contribution is 5.97. The quantitative estimate of drug-likeness (QED) is 0.202. The normalized spacial score (nSPS) is 16.2. The number of cyclic esters (lactones) is 1. The lowest BCUT2D eigenvalue weighted by Gasteiger charge is -2.32. The summed E-state index contributed by atoms with van der Waals surface area (Å²) in [5.74, 6) is -0.570. The van der Waals surface area contributed by atoms with Gasteiger partial charge in [0.25, 0.3) is 0 Å². The van der Waals surface area contributed by atoms with Crippen LogP contribution in [-0.4, -0.2) is 29.3 Å². The molecule has 1 atom stereocenters. The van der Waals surface area contributed by atoms with Crippen molar-refractivity contribution in [1.29, 1.82) is 0 Å². The van der Waals surface area contributed by atoms with Gasteiger partial charge in [-0.1, -0.05) is 36.4 Å². The number of hydrogen-bond acceptors (Lipinski definition) is 6. The molecule has 1 unspecified atom stereocenters. The van der Waals surface area contributed by atoms with Crippen molar-refractivity contribution in [3.63, 3.8) is 0 Å². The Morgan fingerprint density at radius 3 is 2.19 bits per heavy atom. The Morgan fingerprint density at radius 1 is 0.811 bits per heavy atom. The number of carbonyl (C=O) groups excluding carboxylic acids is 1. The average molecular weight is 495 g/mol. The molecule has 1 aliphatic heterocycles. The van der Waals surface area contributed by atoms with Crippen molar-refractivity contribution in [2.75, 3.05) is 23.3 Å². The number of nitrogens with zero attached hydrogens (tertiary/aromatic N) is 1. The third kappa shape index (κ3) is 4.04. The predicted molar refractivity (Wildman–Crippen MR) is 146 cm³/mol. The monoisotopic (exact) mass is 494 g/mol. The fourth-order valence-corrected chi connectivity index (χ4v) is 5.15. The van der Waals surface area contributed by atoms with Gasteiger partial charge in [-0.25, -0.2) is 4.79 Å². The maximum Gasteiger partial charge on any atom is 0.340 e. The van der Waals surface area contributed by atoms with Crippen molar-refractivity contribution in [2.24, 2.45) is 0 Å². The van der Waals surface area contributed by atoms with Crippen LogP contribution >= 0.6 is 0 Å². The predicted octanol–water partition coefficient (Wildman–Crippen LogP) is 6.46. The molecule has 4 aromatic carbocycles. The van der Waals surface area contributed by atoms with Crippen LogP contribution in [0.15, 0.2) is 84.9 Å². The van der Waals surface area contributed by atoms with Gasteiger partial charge in [-0.15, -0.1) is 0 Å². The SMILES string of the molecule is CCN(CC)c1ccc(C2(c3cc(Nc4ccccc4)c(C)cc3O)OC(=O)c3ccccc32)c(O)c1. The number of ether oxygens (including phenoxy) is 1. The first-order valence-corrected chi connectivity index (χ1v) is 12.5. The van der Waals surface area contributed by atoms with E-state index in [9.17, 15) is 15.0 Å². The van der Waals surface area contributed by atoms with E-state index >= 15 is 0 Å². The maximum absolute atomic E-state index is 13.2. The summed E-state index contributed by atoms with van der Waals surface area (Å²) in [6.07, 6.45) is 0. The number of hydrogen-bond donors (Lipinski definition) is 3. The first-order chi connectivity index (χ1) is 17.9. The zero-order valence-corrected chi connectivity index (χ0v) is 21.2. The molecule has 3 N–H and O–H groups in total. The van der Waals surface area contributed by atoms with Crippen LogP contribution in [0, 0.1) is 6.92 Å². The van der Waals surface area contributed by atoms with E-state index in [0.29, 0.717) is 22.3 Å². The summed E-state index contributed by atoms with van der Waals surface area (Å²) in [7, 11) is 0. The Bertz CT molecular complexity index is 1460. The number of benzene rings is 4. The minimum atomic E-state index is -1.54. The summed E-state index contributed by atoms with van der Waals surface area (Å²) in [6.45, 7) is 7.57. The summed E-state index contributed by atoms with van der Waals surface area (Å²) in [4.78, 5) is 15.3. The number of para-hydroxylation sites is 1. The van der Waals surface area contributed by atoms with Crippen LogP contribution in [0.4, 0.5) is 17.1 Å². The Morgan fingerprint density at radius 2 is 1.49 bits per heavy atom. The lowest BCUT2D eigenvalue weighted by molar-refractivity contribution is 0.0240. The number of phenols is 2. The summed E-state index contributed by atoms with van der Waals surface area (Å²) in [5.41, 5.74) is 3.47. The van der Waals surface area contributed by atoms with Gasteiger partial charge in [0.2, 0.25) is 0 Å². The third-order valence-corrected chi connectivity index (χ3v) is 7.04. The van der Waals surface area contributed by atoms with E-state index in [1.54, 1.807) is 36.4 Å². The molecule has 4 aromatic rings. The molecule has 6 nitrogen and oxygen atoms in total. The molecule has 0 aromatic heterocycles. The van der Waals surface area contributed by atoms with E-state index in [4.69, 9.17) is 4.74 Å². The van der Waals surface area contributed by atoms with E-state index in [-0.39, 0.29) is 11.5 Å². The van der Waals surface area contributed by atoms with Crippen molar-refractivity contribution < 1.29 is 19.7 Å². The zero-order chi connectivity index (χ0) is 26.2. The van der Waals surface area contributed by atoms with Crippen molar-refractivity contribution in [3.8, 4) is 11.5 Å². The molecular weight excluding hydrogens is 464 g/mol. The molecule has 0 spiro atoms. The van der Waals surface area contributed by atoms with Crippen LogP contribution in [0.25, 0.3) is 0 Å². The Hall–Kier alpha value is -4.45. The molecule has 0 saturated carbocycles. The van der Waals surface area contributed by atoms with Gasteiger partial charge in [0.1, 0.15) is 11.5 Å². The van der Waals surface area contributed by atoms with Gasteiger partial charge >= 0.3 is 5.97 Å². The van der Waals surface area contributed by atoms with Gasteiger partial charge in [-0.05, 0) is 68.8 Å². The van der Waals surface area contributed by atoms with Crippen molar-refractivity contribution >= 4 is 23.0 Å². The first kappa shape index (κ1) is 24.3. The first-order valence-electron chi connectivity index (χ1n) is 12.5. The smallest absolute Gasteiger partial charge is 0.340 e.